The quantitative estimate of drug-likeness (QED) is 0.660. The molecule has 7 nitrogen and oxygen atoms in total. The fraction of sp³-hybridized carbons (Fsp3) is 0.227. The lowest BCUT2D eigenvalue weighted by Gasteiger charge is -2.13. The first-order valence-electron chi connectivity index (χ1n) is 9.31. The molecule has 1 aromatic heterocycles. The lowest BCUT2D eigenvalue weighted by molar-refractivity contribution is -0.121. The smallest absolute Gasteiger partial charge is 0.331 e. The van der Waals surface area contributed by atoms with Crippen LogP contribution in [0.5, 0.6) is 0 Å². The van der Waals surface area contributed by atoms with E-state index < -0.39 is 17.2 Å². The number of anilines is 1. The molecule has 0 unspecified atom stereocenters. The van der Waals surface area contributed by atoms with Crippen molar-refractivity contribution >= 4 is 11.6 Å². The van der Waals surface area contributed by atoms with Gasteiger partial charge in [0, 0.05) is 38.6 Å². The van der Waals surface area contributed by atoms with Crippen LogP contribution in [0.15, 0.2) is 76.4 Å². The first kappa shape index (κ1) is 20.1. The highest BCUT2D eigenvalue weighted by atomic mass is 16.2. The first-order chi connectivity index (χ1) is 13.9. The van der Waals surface area contributed by atoms with Crippen molar-refractivity contribution in [1.29, 1.82) is 0 Å². The molecule has 0 saturated heterocycles. The van der Waals surface area contributed by atoms with Gasteiger partial charge in [0.1, 0.15) is 6.54 Å². The lowest BCUT2D eigenvalue weighted by Crippen LogP contribution is -2.43. The minimum Gasteiger partial charge on any atom is -0.378 e. The van der Waals surface area contributed by atoms with Gasteiger partial charge in [-0.25, -0.2) is 4.79 Å². The minimum absolute atomic E-state index is 0.316. The number of nitrogens with one attached hydrogen (secondary N) is 1. The van der Waals surface area contributed by atoms with Gasteiger partial charge in [0.2, 0.25) is 5.91 Å². The second-order valence-electron chi connectivity index (χ2n) is 6.97. The highest BCUT2D eigenvalue weighted by Crippen LogP contribution is 2.11. The number of aromatic nitrogens is 2. The Balaban J connectivity index is 1.67. The zero-order valence-electron chi connectivity index (χ0n) is 16.5. The van der Waals surface area contributed by atoms with E-state index in [4.69, 9.17) is 0 Å². The van der Waals surface area contributed by atoms with E-state index in [1.807, 2.05) is 73.6 Å². The average molecular weight is 392 g/mol. The summed E-state index contributed by atoms with van der Waals surface area (Å²) in [6, 6.07) is 18.5. The number of carbonyl (C=O) groups is 1. The Morgan fingerprint density at radius 3 is 2.28 bits per heavy atom. The van der Waals surface area contributed by atoms with Crippen LogP contribution >= 0.6 is 0 Å². The number of hydrogen-bond donors (Lipinski definition) is 1. The van der Waals surface area contributed by atoms with Crippen LogP contribution in [0.2, 0.25) is 0 Å². The third-order valence-electron chi connectivity index (χ3n) is 4.58. The van der Waals surface area contributed by atoms with E-state index >= 15 is 0 Å². The summed E-state index contributed by atoms with van der Waals surface area (Å²) in [4.78, 5) is 39.1. The molecule has 1 amide bonds. The molecule has 0 bridgehead atoms. The molecule has 1 heterocycles. The van der Waals surface area contributed by atoms with E-state index in [1.165, 1.54) is 16.8 Å². The fourth-order valence-corrected chi connectivity index (χ4v) is 2.91. The topological polar surface area (TPSA) is 76.3 Å². The van der Waals surface area contributed by atoms with Gasteiger partial charge < -0.3 is 10.2 Å². The summed E-state index contributed by atoms with van der Waals surface area (Å²) < 4.78 is 2.37. The summed E-state index contributed by atoms with van der Waals surface area (Å²) in [5.41, 5.74) is 1.93. The van der Waals surface area contributed by atoms with Gasteiger partial charge in [-0.3, -0.25) is 18.7 Å². The molecule has 0 atom stereocenters. The van der Waals surface area contributed by atoms with Crippen LogP contribution in [0.4, 0.5) is 5.69 Å². The fourth-order valence-electron chi connectivity index (χ4n) is 2.91. The van der Waals surface area contributed by atoms with Crippen molar-refractivity contribution in [3.05, 3.63) is 98.8 Å². The van der Waals surface area contributed by atoms with Crippen LogP contribution in [0.1, 0.15) is 11.1 Å². The standard InChI is InChI=1S/C22H24N4O3/c1-24(2)19-10-8-17(9-11-19)14-23-20(27)16-26-21(28)12-13-25(22(26)29)15-18-6-4-3-5-7-18/h3-13H,14-16H2,1-2H3,(H,23,27). The Kier molecular flexibility index (Phi) is 6.29. The Hall–Kier alpha value is -3.61. The van der Waals surface area contributed by atoms with Gasteiger partial charge in [-0.15, -0.1) is 0 Å². The molecule has 29 heavy (non-hydrogen) atoms. The summed E-state index contributed by atoms with van der Waals surface area (Å²) in [5, 5.41) is 2.76. The van der Waals surface area contributed by atoms with Crippen molar-refractivity contribution in [1.82, 2.24) is 14.5 Å². The molecule has 0 spiro atoms. The highest BCUT2D eigenvalue weighted by Gasteiger charge is 2.10. The van der Waals surface area contributed by atoms with Crippen molar-refractivity contribution in [2.24, 2.45) is 0 Å². The third kappa shape index (κ3) is 5.22. The van der Waals surface area contributed by atoms with Crippen molar-refractivity contribution < 1.29 is 4.79 Å². The Labute approximate surface area is 168 Å². The number of amides is 1. The Bertz CT molecular complexity index is 1080. The number of rotatable bonds is 7. The van der Waals surface area contributed by atoms with Crippen LogP contribution in [0, 0.1) is 0 Å². The van der Waals surface area contributed by atoms with Crippen LogP contribution in [0.3, 0.4) is 0 Å². The van der Waals surface area contributed by atoms with Crippen LogP contribution < -0.4 is 21.5 Å². The van der Waals surface area contributed by atoms with E-state index in [9.17, 15) is 14.4 Å². The van der Waals surface area contributed by atoms with Crippen molar-refractivity contribution in [3.63, 3.8) is 0 Å². The van der Waals surface area contributed by atoms with Gasteiger partial charge in [-0.05, 0) is 23.3 Å². The molecular weight excluding hydrogens is 368 g/mol. The molecule has 150 valence electrons. The summed E-state index contributed by atoms with van der Waals surface area (Å²) in [6.07, 6.45) is 1.46. The molecule has 1 N–H and O–H groups in total. The highest BCUT2D eigenvalue weighted by molar-refractivity contribution is 5.75. The van der Waals surface area contributed by atoms with Crippen LogP contribution in [-0.2, 0) is 24.4 Å². The SMILES string of the molecule is CN(C)c1ccc(CNC(=O)Cn2c(=O)ccn(Cc3ccccc3)c2=O)cc1. The molecule has 2 aromatic carbocycles. The molecule has 0 saturated carbocycles. The van der Waals surface area contributed by atoms with Crippen LogP contribution in [-0.4, -0.2) is 29.1 Å². The second-order valence-corrected chi connectivity index (χ2v) is 6.97. The summed E-state index contributed by atoms with van der Waals surface area (Å²) >= 11 is 0. The molecular formula is C22H24N4O3. The Morgan fingerprint density at radius 2 is 1.62 bits per heavy atom. The van der Waals surface area contributed by atoms with Gasteiger partial charge in [0.05, 0.1) is 6.54 Å². The van der Waals surface area contributed by atoms with Gasteiger partial charge >= 0.3 is 5.69 Å². The van der Waals surface area contributed by atoms with E-state index in [0.29, 0.717) is 13.1 Å². The first-order valence-corrected chi connectivity index (χ1v) is 9.31. The zero-order valence-corrected chi connectivity index (χ0v) is 16.5. The number of carbonyl (C=O) groups excluding carboxylic acids is 1. The predicted octanol–water partition coefficient (Wildman–Crippen LogP) is 1.44. The maximum Gasteiger partial charge on any atom is 0.331 e. The van der Waals surface area contributed by atoms with Crippen molar-refractivity contribution in [2.75, 3.05) is 19.0 Å². The summed E-state index contributed by atoms with van der Waals surface area (Å²) in [7, 11) is 3.91. The molecule has 3 aromatic rings. The molecule has 0 aliphatic carbocycles. The monoisotopic (exact) mass is 392 g/mol. The number of benzene rings is 2. The van der Waals surface area contributed by atoms with E-state index in [1.54, 1.807) is 0 Å². The van der Waals surface area contributed by atoms with Crippen LogP contribution in [0.25, 0.3) is 0 Å². The van der Waals surface area contributed by atoms with Gasteiger partial charge in [-0.1, -0.05) is 42.5 Å². The van der Waals surface area contributed by atoms with E-state index in [0.717, 1.165) is 21.4 Å². The number of hydrogen-bond acceptors (Lipinski definition) is 4. The lowest BCUT2D eigenvalue weighted by atomic mass is 10.2. The third-order valence-corrected chi connectivity index (χ3v) is 4.58. The Morgan fingerprint density at radius 1 is 0.931 bits per heavy atom. The predicted molar refractivity (Wildman–Crippen MR) is 113 cm³/mol. The zero-order chi connectivity index (χ0) is 20.8. The molecule has 0 aliphatic heterocycles. The van der Waals surface area contributed by atoms with Gasteiger partial charge in [-0.2, -0.15) is 0 Å². The van der Waals surface area contributed by atoms with E-state index in [-0.39, 0.29) is 6.54 Å². The largest absolute Gasteiger partial charge is 0.378 e. The summed E-state index contributed by atoms with van der Waals surface area (Å²) in [6.45, 7) is 0.342. The number of nitrogens with zero attached hydrogens (tertiary/aromatic N) is 3. The van der Waals surface area contributed by atoms with Crippen molar-refractivity contribution in [3.8, 4) is 0 Å². The van der Waals surface area contributed by atoms with E-state index in [2.05, 4.69) is 5.32 Å². The molecule has 7 heteroatoms. The molecule has 0 radical (unpaired) electrons. The van der Waals surface area contributed by atoms with Crippen molar-refractivity contribution in [2.45, 2.75) is 19.6 Å². The molecule has 0 aliphatic rings. The van der Waals surface area contributed by atoms with Gasteiger partial charge in [0.25, 0.3) is 5.56 Å². The second kappa shape index (κ2) is 9.05. The minimum atomic E-state index is -0.508. The molecule has 0 fully saturated rings. The normalized spacial score (nSPS) is 10.6. The maximum atomic E-state index is 12.6. The van der Waals surface area contributed by atoms with Gasteiger partial charge in [0.15, 0.2) is 0 Å². The maximum absolute atomic E-state index is 12.6. The average Bonchev–Trinajstić information content (AvgIpc) is 2.73. The summed E-state index contributed by atoms with van der Waals surface area (Å²) in [5.74, 6) is -0.390. The molecule has 3 rings (SSSR count).